The molecule has 0 aromatic carbocycles. The lowest BCUT2D eigenvalue weighted by Gasteiger charge is -2.30. The quantitative estimate of drug-likeness (QED) is 0.771. The number of halogens is 1. The summed E-state index contributed by atoms with van der Waals surface area (Å²) in [6, 6.07) is 3.79. The number of piperidine rings is 1. The normalized spacial score (nSPS) is 18.6. The van der Waals surface area contributed by atoms with E-state index in [1.165, 1.54) is 0 Å². The molecule has 1 aliphatic heterocycles. The molecule has 1 fully saturated rings. The van der Waals surface area contributed by atoms with Crippen LogP contribution in [0.2, 0.25) is 5.02 Å². The maximum Gasteiger partial charge on any atom is 0.231 e. The number of aromatic amines is 1. The van der Waals surface area contributed by atoms with Crippen molar-refractivity contribution < 1.29 is 4.52 Å². The molecule has 0 aliphatic carbocycles. The van der Waals surface area contributed by atoms with Crippen LogP contribution in [0.4, 0.5) is 0 Å². The van der Waals surface area contributed by atoms with Crippen LogP contribution in [0.5, 0.6) is 0 Å². The molecular formula is C17H19ClN6O. The van der Waals surface area contributed by atoms with Gasteiger partial charge in [-0.15, -0.1) is 0 Å². The topological polar surface area (TPSA) is 83.7 Å². The van der Waals surface area contributed by atoms with Crippen LogP contribution < -0.4 is 0 Å². The summed E-state index contributed by atoms with van der Waals surface area (Å²) in [5, 5.41) is 12.1. The van der Waals surface area contributed by atoms with Gasteiger partial charge in [0, 0.05) is 31.0 Å². The molecule has 0 amide bonds. The fraction of sp³-hybridized carbons (Fsp3) is 0.412. The Balaban J connectivity index is 1.46. The molecule has 0 saturated carbocycles. The molecule has 0 spiro atoms. The van der Waals surface area contributed by atoms with Crippen molar-refractivity contribution in [3.8, 4) is 11.4 Å². The van der Waals surface area contributed by atoms with Gasteiger partial charge in [0.15, 0.2) is 0 Å². The minimum Gasteiger partial charge on any atom is -0.339 e. The van der Waals surface area contributed by atoms with Gasteiger partial charge in [-0.05, 0) is 38.4 Å². The first-order valence-electron chi connectivity index (χ1n) is 8.36. The van der Waals surface area contributed by atoms with E-state index in [2.05, 4.69) is 30.2 Å². The summed E-state index contributed by atoms with van der Waals surface area (Å²) in [4.78, 5) is 11.0. The molecule has 130 valence electrons. The van der Waals surface area contributed by atoms with E-state index in [1.807, 2.05) is 19.1 Å². The van der Waals surface area contributed by atoms with Crippen LogP contribution in [0.15, 0.2) is 29.0 Å². The summed E-state index contributed by atoms with van der Waals surface area (Å²) in [6.07, 6.45) is 5.59. The molecule has 8 heteroatoms. The molecule has 1 atom stereocenters. The molecule has 1 N–H and O–H groups in total. The second-order valence-electron chi connectivity index (χ2n) is 6.38. The van der Waals surface area contributed by atoms with E-state index in [9.17, 15) is 0 Å². The lowest BCUT2D eigenvalue weighted by atomic mass is 9.98. The maximum absolute atomic E-state index is 6.29. The zero-order valence-electron chi connectivity index (χ0n) is 13.9. The van der Waals surface area contributed by atoms with Crippen LogP contribution in [0.3, 0.4) is 0 Å². The number of hydrogen-bond acceptors (Lipinski definition) is 6. The van der Waals surface area contributed by atoms with E-state index in [-0.39, 0.29) is 5.92 Å². The van der Waals surface area contributed by atoms with Gasteiger partial charge >= 0.3 is 0 Å². The SMILES string of the molecule is Cc1[nH]nc(CN2CCC[C@@H](c3nc(-c4cccnc4)no3)C2)c1Cl. The van der Waals surface area contributed by atoms with Gasteiger partial charge in [0.05, 0.1) is 22.3 Å². The first-order chi connectivity index (χ1) is 12.2. The summed E-state index contributed by atoms with van der Waals surface area (Å²) < 4.78 is 5.52. The number of likely N-dealkylation sites (tertiary alicyclic amines) is 1. The third-order valence-corrected chi connectivity index (χ3v) is 5.03. The zero-order chi connectivity index (χ0) is 17.2. The van der Waals surface area contributed by atoms with Crippen LogP contribution in [-0.4, -0.2) is 43.3 Å². The number of aryl methyl sites for hydroxylation is 1. The number of aromatic nitrogens is 5. The number of pyridine rings is 1. The predicted molar refractivity (Wildman–Crippen MR) is 93.1 cm³/mol. The van der Waals surface area contributed by atoms with Gasteiger partial charge in [-0.1, -0.05) is 16.8 Å². The van der Waals surface area contributed by atoms with Crippen molar-refractivity contribution in [1.82, 2.24) is 30.2 Å². The van der Waals surface area contributed by atoms with E-state index >= 15 is 0 Å². The second-order valence-corrected chi connectivity index (χ2v) is 6.76. The maximum atomic E-state index is 6.29. The summed E-state index contributed by atoms with van der Waals surface area (Å²) >= 11 is 6.29. The smallest absolute Gasteiger partial charge is 0.231 e. The Kier molecular flexibility index (Phi) is 4.50. The van der Waals surface area contributed by atoms with Crippen molar-refractivity contribution in [1.29, 1.82) is 0 Å². The highest BCUT2D eigenvalue weighted by Gasteiger charge is 2.27. The number of nitrogens with one attached hydrogen (secondary N) is 1. The molecule has 0 unspecified atom stereocenters. The highest BCUT2D eigenvalue weighted by molar-refractivity contribution is 6.31. The van der Waals surface area contributed by atoms with Crippen LogP contribution >= 0.6 is 11.6 Å². The van der Waals surface area contributed by atoms with Gasteiger partial charge in [-0.2, -0.15) is 10.1 Å². The zero-order valence-corrected chi connectivity index (χ0v) is 14.7. The Morgan fingerprint density at radius 2 is 2.36 bits per heavy atom. The summed E-state index contributed by atoms with van der Waals surface area (Å²) in [5.74, 6) is 1.50. The Morgan fingerprint density at radius 3 is 3.12 bits per heavy atom. The van der Waals surface area contributed by atoms with Crippen LogP contribution in [0, 0.1) is 6.92 Å². The van der Waals surface area contributed by atoms with Crippen molar-refractivity contribution in [2.45, 2.75) is 32.2 Å². The van der Waals surface area contributed by atoms with Crippen molar-refractivity contribution >= 4 is 11.6 Å². The Bertz CT molecular complexity index is 846. The van der Waals surface area contributed by atoms with Gasteiger partial charge in [-0.25, -0.2) is 0 Å². The van der Waals surface area contributed by atoms with Gasteiger partial charge < -0.3 is 4.52 Å². The van der Waals surface area contributed by atoms with E-state index < -0.39 is 0 Å². The number of hydrogen-bond donors (Lipinski definition) is 1. The first-order valence-corrected chi connectivity index (χ1v) is 8.74. The molecular weight excluding hydrogens is 340 g/mol. The van der Waals surface area contributed by atoms with Crippen molar-refractivity contribution in [2.24, 2.45) is 0 Å². The second kappa shape index (κ2) is 6.93. The monoisotopic (exact) mass is 358 g/mol. The lowest BCUT2D eigenvalue weighted by Crippen LogP contribution is -2.34. The molecule has 0 radical (unpaired) electrons. The highest BCUT2D eigenvalue weighted by Crippen LogP contribution is 2.29. The van der Waals surface area contributed by atoms with E-state index in [4.69, 9.17) is 16.1 Å². The minimum absolute atomic E-state index is 0.227. The Labute approximate surface area is 150 Å². The average molecular weight is 359 g/mol. The largest absolute Gasteiger partial charge is 0.339 e. The molecule has 3 aromatic rings. The molecule has 3 aromatic heterocycles. The summed E-state index contributed by atoms with van der Waals surface area (Å²) in [7, 11) is 0. The predicted octanol–water partition coefficient (Wildman–Crippen LogP) is 3.20. The lowest BCUT2D eigenvalue weighted by molar-refractivity contribution is 0.178. The van der Waals surface area contributed by atoms with Crippen LogP contribution in [0.25, 0.3) is 11.4 Å². The van der Waals surface area contributed by atoms with Gasteiger partial charge in [-0.3, -0.25) is 15.0 Å². The summed E-state index contributed by atoms with van der Waals surface area (Å²) in [6.45, 7) is 4.53. The number of rotatable bonds is 4. The van der Waals surface area contributed by atoms with Gasteiger partial charge in [0.2, 0.25) is 11.7 Å². The fourth-order valence-electron chi connectivity index (χ4n) is 3.20. The number of nitrogens with zero attached hydrogens (tertiary/aromatic N) is 5. The third-order valence-electron chi connectivity index (χ3n) is 4.53. The molecule has 7 nitrogen and oxygen atoms in total. The Hall–Kier alpha value is -2.25. The fourth-order valence-corrected chi connectivity index (χ4v) is 3.34. The Morgan fingerprint density at radius 1 is 1.44 bits per heavy atom. The van der Waals surface area contributed by atoms with Crippen molar-refractivity contribution in [2.75, 3.05) is 13.1 Å². The van der Waals surface area contributed by atoms with Gasteiger partial charge in [0.1, 0.15) is 0 Å². The standard InChI is InChI=1S/C17H19ClN6O/c1-11-15(18)14(22-21-11)10-24-7-3-5-13(9-24)17-20-16(23-25-17)12-4-2-6-19-8-12/h2,4,6,8,13H,3,5,7,9-10H2,1H3,(H,21,22)/t13-/m1/s1. The average Bonchev–Trinajstić information content (AvgIpc) is 3.26. The van der Waals surface area contributed by atoms with E-state index in [0.29, 0.717) is 11.7 Å². The molecule has 25 heavy (non-hydrogen) atoms. The van der Waals surface area contributed by atoms with Crippen molar-refractivity contribution in [3.05, 3.63) is 46.8 Å². The van der Waals surface area contributed by atoms with Crippen LogP contribution in [0.1, 0.15) is 36.0 Å². The summed E-state index contributed by atoms with van der Waals surface area (Å²) in [5.41, 5.74) is 2.66. The molecule has 4 heterocycles. The molecule has 1 aliphatic rings. The van der Waals surface area contributed by atoms with Gasteiger partial charge in [0.25, 0.3) is 0 Å². The van der Waals surface area contributed by atoms with Crippen LogP contribution in [-0.2, 0) is 6.54 Å². The highest BCUT2D eigenvalue weighted by atomic mass is 35.5. The molecule has 4 rings (SSSR count). The molecule has 1 saturated heterocycles. The molecule has 0 bridgehead atoms. The third kappa shape index (κ3) is 3.43. The van der Waals surface area contributed by atoms with Crippen molar-refractivity contribution in [3.63, 3.8) is 0 Å². The minimum atomic E-state index is 0.227. The number of H-pyrrole nitrogens is 1. The first kappa shape index (κ1) is 16.2. The van der Waals surface area contributed by atoms with E-state index in [1.54, 1.807) is 12.4 Å². The van der Waals surface area contributed by atoms with E-state index in [0.717, 1.165) is 54.4 Å².